The molecule has 0 saturated carbocycles. The summed E-state index contributed by atoms with van der Waals surface area (Å²) in [6.45, 7) is 3.82. The van der Waals surface area contributed by atoms with Gasteiger partial charge >= 0.3 is 0 Å². The standard InChI is InChI=1S/C19H23NO2/c21-19(15-22-14-16-6-2-1-3-7-16)13-20-11-10-17-8-4-5-9-18(17)12-20/h1-9,19,21H,10-15H2/p+1/t19-/m1/s1. The molecule has 0 spiro atoms. The summed E-state index contributed by atoms with van der Waals surface area (Å²) in [6.07, 6.45) is 0.701. The first-order chi connectivity index (χ1) is 10.8. The SMILES string of the molecule is O[C@@H](COCc1ccccc1)C[NH+]1CCc2ccccc2C1. The van der Waals surface area contributed by atoms with Crippen LogP contribution in [-0.4, -0.2) is 30.9 Å². The molecule has 0 fully saturated rings. The van der Waals surface area contributed by atoms with Crippen molar-refractivity contribution in [3.63, 3.8) is 0 Å². The Labute approximate surface area is 132 Å². The van der Waals surface area contributed by atoms with E-state index in [0.717, 1.165) is 31.6 Å². The van der Waals surface area contributed by atoms with E-state index in [1.54, 1.807) is 0 Å². The maximum Gasteiger partial charge on any atom is 0.126 e. The lowest BCUT2D eigenvalue weighted by atomic mass is 10.00. The number of fused-ring (bicyclic) bond motifs is 1. The molecule has 1 aliphatic heterocycles. The highest BCUT2D eigenvalue weighted by Gasteiger charge is 2.21. The van der Waals surface area contributed by atoms with Gasteiger partial charge in [-0.3, -0.25) is 0 Å². The van der Waals surface area contributed by atoms with Crippen LogP contribution in [-0.2, 0) is 24.3 Å². The van der Waals surface area contributed by atoms with Crippen LogP contribution < -0.4 is 4.90 Å². The van der Waals surface area contributed by atoms with Crippen LogP contribution >= 0.6 is 0 Å². The number of hydrogen-bond donors (Lipinski definition) is 2. The molecule has 0 aromatic heterocycles. The molecule has 1 aliphatic rings. The van der Waals surface area contributed by atoms with Gasteiger partial charge in [-0.15, -0.1) is 0 Å². The van der Waals surface area contributed by atoms with Crippen LogP contribution in [0.1, 0.15) is 16.7 Å². The second-order valence-electron chi connectivity index (χ2n) is 6.05. The molecular formula is C19H24NO2+. The van der Waals surface area contributed by atoms with E-state index in [9.17, 15) is 5.11 Å². The van der Waals surface area contributed by atoms with E-state index < -0.39 is 6.10 Å². The van der Waals surface area contributed by atoms with Crippen molar-refractivity contribution in [3.8, 4) is 0 Å². The lowest BCUT2D eigenvalue weighted by Gasteiger charge is -2.27. The molecule has 3 nitrogen and oxygen atoms in total. The fraction of sp³-hybridized carbons (Fsp3) is 0.368. The minimum atomic E-state index is -0.399. The summed E-state index contributed by atoms with van der Waals surface area (Å²) >= 11 is 0. The molecule has 0 amide bonds. The van der Waals surface area contributed by atoms with Gasteiger partial charge in [0.25, 0.3) is 0 Å². The zero-order chi connectivity index (χ0) is 15.2. The third-order valence-corrected chi connectivity index (χ3v) is 4.25. The van der Waals surface area contributed by atoms with Crippen molar-refractivity contribution >= 4 is 0 Å². The van der Waals surface area contributed by atoms with Gasteiger partial charge in [-0.1, -0.05) is 54.6 Å². The van der Waals surface area contributed by atoms with Crippen LogP contribution in [0.2, 0.25) is 0 Å². The lowest BCUT2D eigenvalue weighted by Crippen LogP contribution is -3.12. The van der Waals surface area contributed by atoms with E-state index >= 15 is 0 Å². The smallest absolute Gasteiger partial charge is 0.126 e. The molecule has 2 N–H and O–H groups in total. The molecule has 2 atom stereocenters. The second kappa shape index (κ2) is 7.54. The van der Waals surface area contributed by atoms with E-state index in [-0.39, 0.29) is 0 Å². The van der Waals surface area contributed by atoms with Gasteiger partial charge in [0, 0.05) is 12.0 Å². The maximum atomic E-state index is 10.2. The highest BCUT2D eigenvalue weighted by Crippen LogP contribution is 2.10. The Morgan fingerprint density at radius 3 is 2.55 bits per heavy atom. The van der Waals surface area contributed by atoms with Gasteiger partial charge in [0.15, 0.2) is 0 Å². The average Bonchev–Trinajstić information content (AvgIpc) is 2.56. The monoisotopic (exact) mass is 298 g/mol. The minimum absolute atomic E-state index is 0.399. The number of aliphatic hydroxyl groups excluding tert-OH is 1. The summed E-state index contributed by atoms with van der Waals surface area (Å²) in [6, 6.07) is 18.7. The predicted molar refractivity (Wildman–Crippen MR) is 86.7 cm³/mol. The van der Waals surface area contributed by atoms with Crippen LogP contribution in [0.15, 0.2) is 54.6 Å². The molecule has 0 bridgehead atoms. The fourth-order valence-corrected chi connectivity index (χ4v) is 3.10. The van der Waals surface area contributed by atoms with Crippen molar-refractivity contribution in [2.24, 2.45) is 0 Å². The fourth-order valence-electron chi connectivity index (χ4n) is 3.10. The molecule has 0 aliphatic carbocycles. The van der Waals surface area contributed by atoms with Gasteiger partial charge in [0.1, 0.15) is 19.2 Å². The number of aliphatic hydroxyl groups is 1. The summed E-state index contributed by atoms with van der Waals surface area (Å²) in [5.41, 5.74) is 4.02. The van der Waals surface area contributed by atoms with E-state index in [0.29, 0.717) is 13.2 Å². The number of quaternary nitrogens is 1. The lowest BCUT2D eigenvalue weighted by molar-refractivity contribution is -0.919. The molecule has 116 valence electrons. The van der Waals surface area contributed by atoms with E-state index in [1.807, 2.05) is 30.3 Å². The second-order valence-corrected chi connectivity index (χ2v) is 6.05. The van der Waals surface area contributed by atoms with Crippen molar-refractivity contribution in [1.29, 1.82) is 0 Å². The van der Waals surface area contributed by atoms with E-state index in [1.165, 1.54) is 16.0 Å². The van der Waals surface area contributed by atoms with Gasteiger partial charge in [-0.2, -0.15) is 0 Å². The first kappa shape index (κ1) is 15.2. The minimum Gasteiger partial charge on any atom is -0.385 e. The summed E-state index contributed by atoms with van der Waals surface area (Å²) < 4.78 is 5.63. The molecule has 0 saturated heterocycles. The summed E-state index contributed by atoms with van der Waals surface area (Å²) in [5, 5.41) is 10.2. The summed E-state index contributed by atoms with van der Waals surface area (Å²) in [5.74, 6) is 0. The number of benzene rings is 2. The molecule has 0 radical (unpaired) electrons. The maximum absolute atomic E-state index is 10.2. The number of ether oxygens (including phenoxy) is 1. The van der Waals surface area contributed by atoms with Crippen LogP contribution in [0.4, 0.5) is 0 Å². The third-order valence-electron chi connectivity index (χ3n) is 4.25. The molecule has 22 heavy (non-hydrogen) atoms. The van der Waals surface area contributed by atoms with Crippen molar-refractivity contribution in [1.82, 2.24) is 0 Å². The highest BCUT2D eigenvalue weighted by atomic mass is 16.5. The Kier molecular flexibility index (Phi) is 5.22. The molecule has 3 heteroatoms. The zero-order valence-corrected chi connectivity index (χ0v) is 12.9. The summed E-state index contributed by atoms with van der Waals surface area (Å²) in [7, 11) is 0. The van der Waals surface area contributed by atoms with E-state index in [2.05, 4.69) is 24.3 Å². The highest BCUT2D eigenvalue weighted by molar-refractivity contribution is 5.27. The number of rotatable bonds is 6. The Balaban J connectivity index is 1.42. The molecule has 2 aromatic carbocycles. The predicted octanol–water partition coefficient (Wildman–Crippen LogP) is 1.21. The first-order valence-corrected chi connectivity index (χ1v) is 8.01. The van der Waals surface area contributed by atoms with Crippen LogP contribution in [0, 0.1) is 0 Å². The Morgan fingerprint density at radius 1 is 1.00 bits per heavy atom. The van der Waals surface area contributed by atoms with Crippen LogP contribution in [0.3, 0.4) is 0 Å². The van der Waals surface area contributed by atoms with Crippen molar-refractivity contribution in [3.05, 3.63) is 71.3 Å². The van der Waals surface area contributed by atoms with Gasteiger partial charge in [0.05, 0.1) is 19.8 Å². The topological polar surface area (TPSA) is 33.9 Å². The van der Waals surface area contributed by atoms with Gasteiger partial charge in [-0.25, -0.2) is 0 Å². The molecule has 1 unspecified atom stereocenters. The molecule has 2 aromatic rings. The van der Waals surface area contributed by atoms with Crippen LogP contribution in [0.5, 0.6) is 0 Å². The van der Waals surface area contributed by atoms with Gasteiger partial charge in [0.2, 0.25) is 0 Å². The number of hydrogen-bond acceptors (Lipinski definition) is 2. The first-order valence-electron chi connectivity index (χ1n) is 8.01. The molecule has 3 rings (SSSR count). The molecule has 1 heterocycles. The third kappa shape index (κ3) is 4.17. The Morgan fingerprint density at radius 2 is 1.73 bits per heavy atom. The van der Waals surface area contributed by atoms with Gasteiger partial charge in [-0.05, 0) is 11.1 Å². The van der Waals surface area contributed by atoms with Crippen molar-refractivity contribution in [2.45, 2.75) is 25.7 Å². The Bertz CT molecular complexity index is 585. The van der Waals surface area contributed by atoms with Crippen molar-refractivity contribution < 1.29 is 14.7 Å². The average molecular weight is 298 g/mol. The zero-order valence-electron chi connectivity index (χ0n) is 12.9. The quantitative estimate of drug-likeness (QED) is 0.840. The van der Waals surface area contributed by atoms with Crippen LogP contribution in [0.25, 0.3) is 0 Å². The normalized spacial score (nSPS) is 18.7. The van der Waals surface area contributed by atoms with Gasteiger partial charge < -0.3 is 14.7 Å². The van der Waals surface area contributed by atoms with E-state index in [4.69, 9.17) is 4.74 Å². The van der Waals surface area contributed by atoms with Crippen molar-refractivity contribution in [2.75, 3.05) is 19.7 Å². The molecular weight excluding hydrogens is 274 g/mol. The largest absolute Gasteiger partial charge is 0.385 e. The summed E-state index contributed by atoms with van der Waals surface area (Å²) in [4.78, 5) is 1.44. The number of nitrogens with one attached hydrogen (secondary N) is 1. The Hall–Kier alpha value is -1.68.